The minimum Gasteiger partial charge on any atom is -0.334 e. The van der Waals surface area contributed by atoms with Gasteiger partial charge in [0.2, 0.25) is 0 Å². The van der Waals surface area contributed by atoms with Crippen molar-refractivity contribution in [2.45, 2.75) is 23.8 Å². The number of amides is 1. The van der Waals surface area contributed by atoms with E-state index in [9.17, 15) is 13.2 Å². The topological polar surface area (TPSA) is 92.5 Å². The Morgan fingerprint density at radius 3 is 2.38 bits per heavy atom. The molecule has 0 aromatic heterocycles. The molecule has 1 amide bonds. The largest absolute Gasteiger partial charge is 0.334 e. The van der Waals surface area contributed by atoms with Gasteiger partial charge in [-0.3, -0.25) is 9.52 Å². The van der Waals surface area contributed by atoms with Gasteiger partial charge in [0, 0.05) is 30.4 Å². The van der Waals surface area contributed by atoms with Crippen molar-refractivity contribution in [1.82, 2.24) is 4.90 Å². The monoisotopic (exact) mass is 395 g/mol. The maximum Gasteiger partial charge on any atom is 0.261 e. The van der Waals surface area contributed by atoms with Gasteiger partial charge in [0.25, 0.3) is 15.9 Å². The van der Waals surface area contributed by atoms with Crippen LogP contribution in [0.5, 0.6) is 0 Å². The Kier molecular flexibility index (Phi) is 6.63. The zero-order valence-electron chi connectivity index (χ0n) is 14.2. The van der Waals surface area contributed by atoms with E-state index in [1.54, 1.807) is 41.3 Å². The molecule has 3 rings (SSSR count). The predicted molar refractivity (Wildman–Crippen MR) is 104 cm³/mol. The van der Waals surface area contributed by atoms with Gasteiger partial charge in [0.05, 0.1) is 4.90 Å². The van der Waals surface area contributed by atoms with Crippen LogP contribution in [-0.4, -0.2) is 38.4 Å². The van der Waals surface area contributed by atoms with Crippen molar-refractivity contribution in [3.8, 4) is 0 Å². The van der Waals surface area contributed by atoms with E-state index in [0.717, 1.165) is 12.8 Å². The lowest BCUT2D eigenvalue weighted by Gasteiger charge is -2.23. The number of hydrogen-bond donors (Lipinski definition) is 2. The Balaban J connectivity index is 0.00000243. The molecule has 6 nitrogen and oxygen atoms in total. The van der Waals surface area contributed by atoms with E-state index in [-0.39, 0.29) is 29.3 Å². The first-order chi connectivity index (χ1) is 12.0. The normalized spacial score (nSPS) is 16.8. The van der Waals surface area contributed by atoms with Crippen molar-refractivity contribution in [3.05, 3.63) is 60.2 Å². The van der Waals surface area contributed by atoms with Gasteiger partial charge in [0.1, 0.15) is 0 Å². The summed E-state index contributed by atoms with van der Waals surface area (Å²) in [6.07, 6.45) is 1.86. The quantitative estimate of drug-likeness (QED) is 0.813. The number of sulfonamides is 1. The molecule has 2 aromatic carbocycles. The number of anilines is 1. The van der Waals surface area contributed by atoms with E-state index in [0.29, 0.717) is 24.3 Å². The molecule has 1 unspecified atom stereocenters. The van der Waals surface area contributed by atoms with Crippen LogP contribution in [0, 0.1) is 0 Å². The minimum atomic E-state index is -3.69. The highest BCUT2D eigenvalue weighted by Gasteiger charge is 2.28. The van der Waals surface area contributed by atoms with Crippen molar-refractivity contribution >= 4 is 34.0 Å². The summed E-state index contributed by atoms with van der Waals surface area (Å²) in [6.45, 7) is 1.13. The first-order valence-corrected chi connectivity index (χ1v) is 9.68. The van der Waals surface area contributed by atoms with Gasteiger partial charge < -0.3 is 10.6 Å². The zero-order valence-corrected chi connectivity index (χ0v) is 15.8. The van der Waals surface area contributed by atoms with Gasteiger partial charge >= 0.3 is 0 Å². The summed E-state index contributed by atoms with van der Waals surface area (Å²) in [5.74, 6) is -0.104. The molecular formula is C18H22ClN3O3S. The van der Waals surface area contributed by atoms with Crippen LogP contribution >= 0.6 is 12.4 Å². The Morgan fingerprint density at radius 2 is 1.77 bits per heavy atom. The number of likely N-dealkylation sites (tertiary alicyclic amines) is 1. The van der Waals surface area contributed by atoms with Crippen LogP contribution in [0.3, 0.4) is 0 Å². The second kappa shape index (κ2) is 8.53. The number of nitrogens with one attached hydrogen (secondary N) is 1. The Bertz CT molecular complexity index is 842. The minimum absolute atomic E-state index is 0. The van der Waals surface area contributed by atoms with Crippen LogP contribution in [0.1, 0.15) is 23.2 Å². The molecule has 1 aliphatic heterocycles. The van der Waals surface area contributed by atoms with Crippen molar-refractivity contribution in [1.29, 1.82) is 0 Å². The van der Waals surface area contributed by atoms with Crippen molar-refractivity contribution in [2.75, 3.05) is 17.8 Å². The van der Waals surface area contributed by atoms with Gasteiger partial charge in [-0.2, -0.15) is 0 Å². The van der Waals surface area contributed by atoms with E-state index in [1.807, 2.05) is 6.07 Å². The molecule has 26 heavy (non-hydrogen) atoms. The fraction of sp³-hybridized carbons (Fsp3) is 0.278. The fourth-order valence-electron chi connectivity index (χ4n) is 3.01. The number of carbonyl (C=O) groups is 1. The van der Waals surface area contributed by atoms with Crippen molar-refractivity contribution < 1.29 is 13.2 Å². The maximum atomic E-state index is 12.6. The molecule has 2 aromatic rings. The summed E-state index contributed by atoms with van der Waals surface area (Å²) in [5, 5.41) is 0. The van der Waals surface area contributed by atoms with Crippen molar-refractivity contribution in [2.24, 2.45) is 5.73 Å². The molecular weight excluding hydrogens is 374 g/mol. The molecule has 1 fully saturated rings. The number of rotatable bonds is 5. The van der Waals surface area contributed by atoms with Crippen LogP contribution in [0.4, 0.5) is 5.69 Å². The lowest BCUT2D eigenvalue weighted by molar-refractivity contribution is 0.0741. The van der Waals surface area contributed by atoms with Gasteiger partial charge in [-0.25, -0.2) is 8.42 Å². The number of para-hydroxylation sites is 1. The van der Waals surface area contributed by atoms with Crippen LogP contribution in [0.15, 0.2) is 59.5 Å². The molecule has 1 aliphatic rings. The molecule has 0 spiro atoms. The molecule has 1 heterocycles. The highest BCUT2D eigenvalue weighted by Crippen LogP contribution is 2.21. The molecule has 0 bridgehead atoms. The number of nitrogens with zero attached hydrogens (tertiary/aromatic N) is 1. The van der Waals surface area contributed by atoms with Crippen LogP contribution in [-0.2, 0) is 10.0 Å². The van der Waals surface area contributed by atoms with E-state index in [2.05, 4.69) is 4.72 Å². The third kappa shape index (κ3) is 4.35. The molecule has 0 aliphatic carbocycles. The van der Waals surface area contributed by atoms with Gasteiger partial charge in [-0.05, 0) is 49.2 Å². The standard InChI is InChI=1S/C18H21N3O3S.ClH/c19-13-16-7-4-12-21(16)18(22)14-8-10-17(11-9-14)25(23,24)20-15-5-2-1-3-6-15;/h1-3,5-6,8-11,16,20H,4,7,12-13,19H2;1H. The number of benzene rings is 2. The molecule has 8 heteroatoms. The summed E-state index contributed by atoms with van der Waals surface area (Å²) >= 11 is 0. The molecule has 0 radical (unpaired) electrons. The predicted octanol–water partition coefficient (Wildman–Crippen LogP) is 2.47. The average molecular weight is 396 g/mol. The average Bonchev–Trinajstić information content (AvgIpc) is 3.10. The highest BCUT2D eigenvalue weighted by molar-refractivity contribution is 7.92. The van der Waals surface area contributed by atoms with E-state index in [1.165, 1.54) is 12.1 Å². The summed E-state index contributed by atoms with van der Waals surface area (Å²) in [6, 6.07) is 14.7. The number of nitrogens with two attached hydrogens (primary N) is 1. The maximum absolute atomic E-state index is 12.6. The molecule has 1 atom stereocenters. The molecule has 140 valence electrons. The summed E-state index contributed by atoms with van der Waals surface area (Å²) in [4.78, 5) is 14.5. The van der Waals surface area contributed by atoms with Crippen molar-refractivity contribution in [3.63, 3.8) is 0 Å². The lowest BCUT2D eigenvalue weighted by atomic mass is 10.1. The fourth-order valence-corrected chi connectivity index (χ4v) is 4.07. The second-order valence-corrected chi connectivity index (χ2v) is 7.71. The van der Waals surface area contributed by atoms with Crippen LogP contribution in [0.2, 0.25) is 0 Å². The van der Waals surface area contributed by atoms with E-state index in [4.69, 9.17) is 5.73 Å². The molecule has 1 saturated heterocycles. The smallest absolute Gasteiger partial charge is 0.261 e. The van der Waals surface area contributed by atoms with Crippen LogP contribution < -0.4 is 10.5 Å². The number of halogens is 1. The zero-order chi connectivity index (χ0) is 17.9. The third-order valence-electron chi connectivity index (χ3n) is 4.35. The van der Waals surface area contributed by atoms with Gasteiger partial charge in [-0.1, -0.05) is 18.2 Å². The third-order valence-corrected chi connectivity index (χ3v) is 5.74. The Labute approximate surface area is 159 Å². The van der Waals surface area contributed by atoms with Gasteiger partial charge in [-0.15, -0.1) is 12.4 Å². The van der Waals surface area contributed by atoms with E-state index < -0.39 is 10.0 Å². The molecule has 3 N–H and O–H groups in total. The second-order valence-electron chi connectivity index (χ2n) is 6.03. The SMILES string of the molecule is Cl.NCC1CCCN1C(=O)c1ccc(S(=O)(=O)Nc2ccccc2)cc1. The van der Waals surface area contributed by atoms with Gasteiger partial charge in [0.15, 0.2) is 0 Å². The highest BCUT2D eigenvalue weighted by atomic mass is 35.5. The van der Waals surface area contributed by atoms with E-state index >= 15 is 0 Å². The first kappa shape index (κ1) is 20.2. The lowest BCUT2D eigenvalue weighted by Crippen LogP contribution is -2.39. The Morgan fingerprint density at radius 1 is 1.12 bits per heavy atom. The first-order valence-electron chi connectivity index (χ1n) is 8.20. The number of carbonyl (C=O) groups excluding carboxylic acids is 1. The molecule has 0 saturated carbocycles. The number of hydrogen-bond acceptors (Lipinski definition) is 4. The summed E-state index contributed by atoms with van der Waals surface area (Å²) in [5.41, 5.74) is 6.68. The Hall–Kier alpha value is -2.09. The summed E-state index contributed by atoms with van der Waals surface area (Å²) < 4.78 is 27.3. The van der Waals surface area contributed by atoms with Crippen LogP contribution in [0.25, 0.3) is 0 Å². The summed E-state index contributed by atoms with van der Waals surface area (Å²) in [7, 11) is -3.69.